The van der Waals surface area contributed by atoms with Crippen molar-refractivity contribution in [2.45, 2.75) is 6.10 Å². The van der Waals surface area contributed by atoms with Crippen LogP contribution in [0.25, 0.3) is 0 Å². The first-order valence-corrected chi connectivity index (χ1v) is 2.15. The Balaban J connectivity index is -0.000000109. The van der Waals surface area contributed by atoms with Crippen molar-refractivity contribution in [1.82, 2.24) is 0 Å². The highest BCUT2D eigenvalue weighted by Crippen LogP contribution is 1.71. The molecule has 0 bridgehead atoms. The van der Waals surface area contributed by atoms with Crippen LogP contribution in [0, 0.1) is 0 Å². The van der Waals surface area contributed by atoms with Crippen molar-refractivity contribution < 1.29 is 25.9 Å². The molecular weight excluding hydrogens is 128 g/mol. The molecular formula is C4H14O5. The van der Waals surface area contributed by atoms with E-state index in [4.69, 9.17) is 20.4 Å². The summed E-state index contributed by atoms with van der Waals surface area (Å²) in [7, 11) is 1.00. The summed E-state index contributed by atoms with van der Waals surface area (Å²) in [5.41, 5.74) is 0. The summed E-state index contributed by atoms with van der Waals surface area (Å²) in [6.07, 6.45) is -0.954. The lowest BCUT2D eigenvalue weighted by Crippen LogP contribution is -2.15. The molecule has 0 aromatic carbocycles. The zero-order valence-electron chi connectivity index (χ0n) is 5.28. The largest absolute Gasteiger partial charge is 0.412 e. The molecule has 0 rings (SSSR count). The van der Waals surface area contributed by atoms with Crippen LogP contribution in [0.15, 0.2) is 0 Å². The lowest BCUT2D eigenvalue weighted by molar-refractivity contribution is 0.0450. The molecule has 0 aliphatic carbocycles. The average molecular weight is 142 g/mol. The first-order valence-electron chi connectivity index (χ1n) is 2.15. The number of rotatable bonds is 2. The third-order valence-electron chi connectivity index (χ3n) is 0.421. The van der Waals surface area contributed by atoms with Gasteiger partial charge in [-0.05, 0) is 0 Å². The Labute approximate surface area is 53.5 Å². The van der Waals surface area contributed by atoms with Crippen molar-refractivity contribution >= 4 is 0 Å². The minimum Gasteiger partial charge on any atom is -0.412 e. The summed E-state index contributed by atoms with van der Waals surface area (Å²) < 4.78 is 0. The lowest BCUT2D eigenvalue weighted by Gasteiger charge is -1.96. The van der Waals surface area contributed by atoms with E-state index in [1.54, 1.807) is 0 Å². The Morgan fingerprint density at radius 1 is 1.11 bits per heavy atom. The van der Waals surface area contributed by atoms with Gasteiger partial charge in [-0.15, -0.1) is 0 Å². The van der Waals surface area contributed by atoms with Crippen molar-refractivity contribution in [3.63, 3.8) is 0 Å². The maximum absolute atomic E-state index is 8.17. The lowest BCUT2D eigenvalue weighted by atomic mass is 10.4. The fraction of sp³-hybridized carbons (Fsp3) is 1.00. The normalized spacial score (nSPS) is 7.33. The van der Waals surface area contributed by atoms with Crippen LogP contribution in [0.3, 0.4) is 0 Å². The number of hydrogen-bond donors (Lipinski definition) is 4. The third-order valence-corrected chi connectivity index (χ3v) is 0.421. The standard InChI is InChI=1S/C3H8O3.CH4O.H2O/c4-1-3(6)2-5;1-2;/h3-6H,1-2H2;2H,1H3;1H2. The number of hydrogen-bond acceptors (Lipinski definition) is 4. The van der Waals surface area contributed by atoms with Gasteiger partial charge in [0, 0.05) is 7.11 Å². The minimum absolute atomic E-state index is 0. The van der Waals surface area contributed by atoms with E-state index in [1.807, 2.05) is 0 Å². The van der Waals surface area contributed by atoms with E-state index in [9.17, 15) is 0 Å². The van der Waals surface area contributed by atoms with E-state index in [1.165, 1.54) is 0 Å². The third kappa shape index (κ3) is 18.2. The molecule has 0 aromatic rings. The molecule has 0 atom stereocenters. The van der Waals surface area contributed by atoms with Crippen LogP contribution in [-0.4, -0.2) is 52.3 Å². The Hall–Kier alpha value is -0.200. The minimum atomic E-state index is -0.954. The molecule has 0 aliphatic heterocycles. The van der Waals surface area contributed by atoms with Crippen molar-refractivity contribution in [3.05, 3.63) is 0 Å². The van der Waals surface area contributed by atoms with Gasteiger partial charge < -0.3 is 25.9 Å². The van der Waals surface area contributed by atoms with Crippen molar-refractivity contribution in [2.75, 3.05) is 20.3 Å². The Morgan fingerprint density at radius 3 is 1.33 bits per heavy atom. The van der Waals surface area contributed by atoms with Crippen LogP contribution in [0.1, 0.15) is 0 Å². The maximum Gasteiger partial charge on any atom is 0.100 e. The first-order chi connectivity index (χ1) is 3.81. The number of aliphatic hydroxyl groups excluding tert-OH is 4. The summed E-state index contributed by atoms with van der Waals surface area (Å²) in [4.78, 5) is 0. The highest BCUT2D eigenvalue weighted by atomic mass is 16.3. The van der Waals surface area contributed by atoms with Crippen LogP contribution in [0.4, 0.5) is 0 Å². The molecule has 5 nitrogen and oxygen atoms in total. The smallest absolute Gasteiger partial charge is 0.100 e. The van der Waals surface area contributed by atoms with E-state index in [-0.39, 0.29) is 18.7 Å². The monoisotopic (exact) mass is 142 g/mol. The number of aliphatic hydroxyl groups is 4. The summed E-state index contributed by atoms with van der Waals surface area (Å²) in [5.74, 6) is 0. The van der Waals surface area contributed by atoms with Crippen molar-refractivity contribution in [2.24, 2.45) is 0 Å². The predicted octanol–water partition coefficient (Wildman–Crippen LogP) is -2.88. The van der Waals surface area contributed by atoms with Crippen LogP contribution in [-0.2, 0) is 0 Å². The molecule has 0 saturated heterocycles. The van der Waals surface area contributed by atoms with Crippen LogP contribution < -0.4 is 0 Å². The summed E-state index contributed by atoms with van der Waals surface area (Å²) in [6.45, 7) is -0.729. The van der Waals surface area contributed by atoms with E-state index in [2.05, 4.69) is 0 Å². The predicted molar refractivity (Wildman–Crippen MR) is 31.9 cm³/mol. The maximum atomic E-state index is 8.17. The second-order valence-electron chi connectivity index (χ2n) is 1.02. The van der Waals surface area contributed by atoms with E-state index in [0.29, 0.717) is 0 Å². The van der Waals surface area contributed by atoms with Crippen LogP contribution >= 0.6 is 0 Å². The van der Waals surface area contributed by atoms with Crippen LogP contribution in [0.2, 0.25) is 0 Å². The summed E-state index contributed by atoms with van der Waals surface area (Å²) in [5, 5.41) is 31.0. The molecule has 0 spiro atoms. The molecule has 0 saturated carbocycles. The topological polar surface area (TPSA) is 112 Å². The molecule has 5 heteroatoms. The SMILES string of the molecule is CO.O.OCC(O)CO. The van der Waals surface area contributed by atoms with Gasteiger partial charge in [-0.25, -0.2) is 0 Å². The Kier molecular flexibility index (Phi) is 27.7. The van der Waals surface area contributed by atoms with Gasteiger partial charge in [0.25, 0.3) is 0 Å². The molecule has 0 amide bonds. The van der Waals surface area contributed by atoms with E-state index in [0.717, 1.165) is 7.11 Å². The highest BCUT2D eigenvalue weighted by molar-refractivity contribution is 4.43. The molecule has 6 N–H and O–H groups in total. The van der Waals surface area contributed by atoms with Gasteiger partial charge in [0.1, 0.15) is 6.10 Å². The second kappa shape index (κ2) is 15.7. The fourth-order valence-corrected chi connectivity index (χ4v) is 0.0577. The Bertz CT molecular complexity index is 28.1. The molecule has 0 heterocycles. The van der Waals surface area contributed by atoms with E-state index < -0.39 is 6.10 Å². The zero-order valence-corrected chi connectivity index (χ0v) is 5.28. The van der Waals surface area contributed by atoms with Crippen LogP contribution in [0.5, 0.6) is 0 Å². The molecule has 60 valence electrons. The highest BCUT2D eigenvalue weighted by Gasteiger charge is 1.93. The zero-order chi connectivity index (χ0) is 6.99. The van der Waals surface area contributed by atoms with Gasteiger partial charge in [-0.2, -0.15) is 0 Å². The Morgan fingerprint density at radius 2 is 1.33 bits per heavy atom. The van der Waals surface area contributed by atoms with Gasteiger partial charge in [0.05, 0.1) is 13.2 Å². The molecule has 9 heavy (non-hydrogen) atoms. The van der Waals surface area contributed by atoms with Gasteiger partial charge in [-0.1, -0.05) is 0 Å². The fourth-order valence-electron chi connectivity index (χ4n) is 0.0577. The van der Waals surface area contributed by atoms with Gasteiger partial charge in [0.2, 0.25) is 0 Å². The van der Waals surface area contributed by atoms with E-state index >= 15 is 0 Å². The average Bonchev–Trinajstić information content (AvgIpc) is 1.91. The first kappa shape index (κ1) is 15.9. The van der Waals surface area contributed by atoms with Gasteiger partial charge in [0.15, 0.2) is 0 Å². The van der Waals surface area contributed by atoms with Gasteiger partial charge in [-0.3, -0.25) is 0 Å². The summed E-state index contributed by atoms with van der Waals surface area (Å²) >= 11 is 0. The second-order valence-corrected chi connectivity index (χ2v) is 1.02. The molecule has 0 aromatic heterocycles. The molecule has 0 radical (unpaired) electrons. The summed E-state index contributed by atoms with van der Waals surface area (Å²) in [6, 6.07) is 0. The molecule has 0 fully saturated rings. The molecule has 0 unspecified atom stereocenters. The van der Waals surface area contributed by atoms with Crippen molar-refractivity contribution in [3.8, 4) is 0 Å². The molecule has 0 aliphatic rings. The quantitative estimate of drug-likeness (QED) is 0.331. The van der Waals surface area contributed by atoms with Gasteiger partial charge >= 0.3 is 0 Å². The van der Waals surface area contributed by atoms with Crippen molar-refractivity contribution in [1.29, 1.82) is 0 Å².